The average molecular weight is 216 g/mol. The van der Waals surface area contributed by atoms with Gasteiger partial charge in [-0.05, 0) is 25.7 Å². The SMILES string of the molecule is CCC(OCC1CCCCO1)C(=O)NN. The van der Waals surface area contributed by atoms with E-state index in [4.69, 9.17) is 15.3 Å². The number of carbonyl (C=O) groups is 1. The van der Waals surface area contributed by atoms with Crippen LogP contribution in [0.3, 0.4) is 0 Å². The molecule has 0 bridgehead atoms. The van der Waals surface area contributed by atoms with E-state index in [0.29, 0.717) is 13.0 Å². The Morgan fingerprint density at radius 3 is 3.00 bits per heavy atom. The summed E-state index contributed by atoms with van der Waals surface area (Å²) in [5.74, 6) is 4.78. The molecule has 2 atom stereocenters. The minimum atomic E-state index is -0.458. The van der Waals surface area contributed by atoms with Crippen LogP contribution >= 0.6 is 0 Å². The van der Waals surface area contributed by atoms with Gasteiger partial charge in [0.05, 0.1) is 12.7 Å². The summed E-state index contributed by atoms with van der Waals surface area (Å²) >= 11 is 0. The largest absolute Gasteiger partial charge is 0.376 e. The Morgan fingerprint density at radius 2 is 2.47 bits per heavy atom. The average Bonchev–Trinajstić information content (AvgIpc) is 2.31. The van der Waals surface area contributed by atoms with Crippen molar-refractivity contribution in [3.8, 4) is 0 Å². The van der Waals surface area contributed by atoms with Gasteiger partial charge in [0.25, 0.3) is 5.91 Å². The van der Waals surface area contributed by atoms with Gasteiger partial charge in [0.15, 0.2) is 0 Å². The van der Waals surface area contributed by atoms with Crippen LogP contribution in [0, 0.1) is 0 Å². The van der Waals surface area contributed by atoms with Crippen LogP contribution in [0.4, 0.5) is 0 Å². The summed E-state index contributed by atoms with van der Waals surface area (Å²) in [6.07, 6.45) is 3.61. The Hall–Kier alpha value is -0.650. The van der Waals surface area contributed by atoms with Crippen molar-refractivity contribution in [2.45, 2.75) is 44.8 Å². The molecular formula is C10H20N2O3. The number of nitrogens with one attached hydrogen (secondary N) is 1. The standard InChI is InChI=1S/C10H20N2O3/c1-2-9(10(13)12-11)15-7-8-5-3-4-6-14-8/h8-9H,2-7,11H2,1H3,(H,12,13). The van der Waals surface area contributed by atoms with Crippen LogP contribution in [0.2, 0.25) is 0 Å². The first-order chi connectivity index (χ1) is 7.27. The van der Waals surface area contributed by atoms with Crippen molar-refractivity contribution in [1.82, 2.24) is 5.43 Å². The third kappa shape index (κ3) is 4.15. The summed E-state index contributed by atoms with van der Waals surface area (Å²) in [5.41, 5.74) is 2.10. The van der Waals surface area contributed by atoms with E-state index in [1.165, 1.54) is 6.42 Å². The van der Waals surface area contributed by atoms with Gasteiger partial charge in [0.1, 0.15) is 6.10 Å². The van der Waals surface area contributed by atoms with E-state index in [9.17, 15) is 4.79 Å². The first-order valence-electron chi connectivity index (χ1n) is 5.51. The van der Waals surface area contributed by atoms with E-state index < -0.39 is 6.10 Å². The summed E-state index contributed by atoms with van der Waals surface area (Å²) in [7, 11) is 0. The van der Waals surface area contributed by atoms with E-state index in [1.54, 1.807) is 0 Å². The predicted molar refractivity (Wildman–Crippen MR) is 56.0 cm³/mol. The number of ether oxygens (including phenoxy) is 2. The van der Waals surface area contributed by atoms with Gasteiger partial charge in [-0.25, -0.2) is 5.84 Å². The second-order valence-corrected chi connectivity index (χ2v) is 3.73. The highest BCUT2D eigenvalue weighted by molar-refractivity contribution is 5.79. The lowest BCUT2D eigenvalue weighted by molar-refractivity contribution is -0.137. The Kier molecular flexibility index (Phi) is 5.60. The number of carbonyl (C=O) groups excluding carboxylic acids is 1. The Labute approximate surface area is 90.3 Å². The zero-order chi connectivity index (χ0) is 11.1. The van der Waals surface area contributed by atoms with Gasteiger partial charge >= 0.3 is 0 Å². The number of hydrogen-bond donors (Lipinski definition) is 2. The van der Waals surface area contributed by atoms with Crippen LogP contribution in [0.15, 0.2) is 0 Å². The van der Waals surface area contributed by atoms with Crippen LogP contribution in [0.5, 0.6) is 0 Å². The van der Waals surface area contributed by atoms with Crippen molar-refractivity contribution >= 4 is 5.91 Å². The molecule has 5 nitrogen and oxygen atoms in total. The molecule has 0 aromatic rings. The molecular weight excluding hydrogens is 196 g/mol. The third-order valence-corrected chi connectivity index (χ3v) is 2.56. The highest BCUT2D eigenvalue weighted by Gasteiger charge is 2.20. The third-order valence-electron chi connectivity index (χ3n) is 2.56. The molecule has 2 unspecified atom stereocenters. The molecule has 1 amide bonds. The molecule has 1 fully saturated rings. The number of hydrogen-bond acceptors (Lipinski definition) is 4. The summed E-state index contributed by atoms with van der Waals surface area (Å²) in [5, 5.41) is 0. The normalized spacial score (nSPS) is 23.5. The van der Waals surface area contributed by atoms with Crippen molar-refractivity contribution in [3.05, 3.63) is 0 Å². The number of hydrazine groups is 1. The summed E-state index contributed by atoms with van der Waals surface area (Å²) in [4.78, 5) is 11.2. The first-order valence-corrected chi connectivity index (χ1v) is 5.51. The lowest BCUT2D eigenvalue weighted by Crippen LogP contribution is -2.41. The number of amides is 1. The maximum atomic E-state index is 11.2. The second-order valence-electron chi connectivity index (χ2n) is 3.73. The summed E-state index contributed by atoms with van der Waals surface area (Å²) < 4.78 is 11.0. The highest BCUT2D eigenvalue weighted by Crippen LogP contribution is 2.13. The summed E-state index contributed by atoms with van der Waals surface area (Å²) in [6.45, 7) is 3.17. The monoisotopic (exact) mass is 216 g/mol. The van der Waals surface area contributed by atoms with E-state index in [1.807, 2.05) is 6.92 Å². The molecule has 0 aliphatic carbocycles. The Bertz CT molecular complexity index is 193. The fourth-order valence-electron chi connectivity index (χ4n) is 1.63. The Balaban J connectivity index is 2.23. The quantitative estimate of drug-likeness (QED) is 0.395. The van der Waals surface area contributed by atoms with Crippen LogP contribution in [0.25, 0.3) is 0 Å². The highest BCUT2D eigenvalue weighted by atomic mass is 16.5. The number of nitrogens with two attached hydrogens (primary N) is 1. The van der Waals surface area contributed by atoms with E-state index in [2.05, 4.69) is 5.43 Å². The van der Waals surface area contributed by atoms with Gasteiger partial charge < -0.3 is 9.47 Å². The summed E-state index contributed by atoms with van der Waals surface area (Å²) in [6, 6.07) is 0. The van der Waals surface area contributed by atoms with Gasteiger partial charge in [-0.1, -0.05) is 6.92 Å². The smallest absolute Gasteiger partial charge is 0.262 e. The molecule has 1 aliphatic rings. The Morgan fingerprint density at radius 1 is 1.67 bits per heavy atom. The molecule has 0 spiro atoms. The predicted octanol–water partition coefficient (Wildman–Crippen LogP) is 0.341. The van der Waals surface area contributed by atoms with Crippen molar-refractivity contribution in [2.75, 3.05) is 13.2 Å². The van der Waals surface area contributed by atoms with Crippen molar-refractivity contribution < 1.29 is 14.3 Å². The van der Waals surface area contributed by atoms with Crippen molar-refractivity contribution in [2.24, 2.45) is 5.84 Å². The zero-order valence-corrected chi connectivity index (χ0v) is 9.20. The van der Waals surface area contributed by atoms with Crippen LogP contribution < -0.4 is 11.3 Å². The van der Waals surface area contributed by atoms with Gasteiger partial charge in [-0.3, -0.25) is 10.2 Å². The lowest BCUT2D eigenvalue weighted by atomic mass is 10.1. The zero-order valence-electron chi connectivity index (χ0n) is 9.20. The molecule has 15 heavy (non-hydrogen) atoms. The fourth-order valence-corrected chi connectivity index (χ4v) is 1.63. The molecule has 0 aromatic carbocycles. The number of rotatable bonds is 5. The molecule has 0 aromatic heterocycles. The minimum Gasteiger partial charge on any atom is -0.376 e. The van der Waals surface area contributed by atoms with Gasteiger partial charge in [-0.2, -0.15) is 0 Å². The molecule has 1 saturated heterocycles. The lowest BCUT2D eigenvalue weighted by Gasteiger charge is -2.24. The molecule has 1 aliphatic heterocycles. The minimum absolute atomic E-state index is 0.137. The van der Waals surface area contributed by atoms with Gasteiger partial charge in [0.2, 0.25) is 0 Å². The van der Waals surface area contributed by atoms with Gasteiger partial charge in [-0.15, -0.1) is 0 Å². The second kappa shape index (κ2) is 6.76. The van der Waals surface area contributed by atoms with Crippen LogP contribution in [-0.2, 0) is 14.3 Å². The molecule has 5 heteroatoms. The topological polar surface area (TPSA) is 73.6 Å². The molecule has 88 valence electrons. The fraction of sp³-hybridized carbons (Fsp3) is 0.900. The van der Waals surface area contributed by atoms with E-state index in [0.717, 1.165) is 19.4 Å². The van der Waals surface area contributed by atoms with Crippen LogP contribution in [0.1, 0.15) is 32.6 Å². The maximum absolute atomic E-state index is 11.2. The van der Waals surface area contributed by atoms with Crippen LogP contribution in [-0.4, -0.2) is 31.3 Å². The van der Waals surface area contributed by atoms with Crippen molar-refractivity contribution in [3.63, 3.8) is 0 Å². The molecule has 0 radical (unpaired) electrons. The van der Waals surface area contributed by atoms with E-state index >= 15 is 0 Å². The van der Waals surface area contributed by atoms with Crippen molar-refractivity contribution in [1.29, 1.82) is 0 Å². The molecule has 1 heterocycles. The van der Waals surface area contributed by atoms with E-state index in [-0.39, 0.29) is 12.0 Å². The molecule has 1 rings (SSSR count). The first kappa shape index (κ1) is 12.4. The molecule has 3 N–H and O–H groups in total. The maximum Gasteiger partial charge on any atom is 0.262 e. The molecule has 0 saturated carbocycles. The van der Waals surface area contributed by atoms with Gasteiger partial charge in [0, 0.05) is 6.61 Å².